The van der Waals surface area contributed by atoms with Crippen LogP contribution in [0.25, 0.3) is 33.2 Å². The summed E-state index contributed by atoms with van der Waals surface area (Å²) in [6.45, 7) is 3.04. The third-order valence-electron chi connectivity index (χ3n) is 6.30. The first kappa shape index (κ1) is 20.9. The lowest BCUT2D eigenvalue weighted by Gasteiger charge is -2.11. The number of aromatic nitrogens is 7. The number of H-pyrrole nitrogens is 2. The first-order valence-electron chi connectivity index (χ1n) is 11.3. The van der Waals surface area contributed by atoms with Crippen LogP contribution in [0.4, 0.5) is 0 Å². The molecule has 0 fully saturated rings. The van der Waals surface area contributed by atoms with E-state index >= 15 is 0 Å². The van der Waals surface area contributed by atoms with Crippen molar-refractivity contribution < 1.29 is 4.74 Å². The first-order valence-corrected chi connectivity index (χ1v) is 11.3. The molecule has 9 nitrogen and oxygen atoms in total. The quantitative estimate of drug-likeness (QED) is 0.388. The van der Waals surface area contributed by atoms with Gasteiger partial charge in [-0.25, -0.2) is 9.97 Å². The minimum absolute atomic E-state index is 0.0854. The highest BCUT2D eigenvalue weighted by molar-refractivity contribution is 5.95. The van der Waals surface area contributed by atoms with Gasteiger partial charge >= 0.3 is 0 Å². The van der Waals surface area contributed by atoms with Crippen LogP contribution in [-0.4, -0.2) is 41.4 Å². The SMILES string of the molecule is COc1ccc(Cn2c(C)nc3ncc(-c4cn(Cc5ccn[nH]5)c(=O)c5[nH]ccc45)cc32)cc1. The van der Waals surface area contributed by atoms with Gasteiger partial charge in [0.2, 0.25) is 0 Å². The van der Waals surface area contributed by atoms with Crippen LogP contribution in [0, 0.1) is 6.92 Å². The average molecular weight is 466 g/mol. The van der Waals surface area contributed by atoms with Gasteiger partial charge < -0.3 is 18.9 Å². The van der Waals surface area contributed by atoms with E-state index in [4.69, 9.17) is 4.74 Å². The fourth-order valence-corrected chi connectivity index (χ4v) is 4.48. The Morgan fingerprint density at radius 2 is 1.94 bits per heavy atom. The number of rotatable bonds is 6. The number of nitrogens with zero attached hydrogens (tertiary/aromatic N) is 5. The number of hydrogen-bond acceptors (Lipinski definition) is 5. The number of imidazole rings is 1. The lowest BCUT2D eigenvalue weighted by molar-refractivity contribution is 0.414. The molecule has 35 heavy (non-hydrogen) atoms. The molecule has 0 bridgehead atoms. The average Bonchev–Trinajstić information content (AvgIpc) is 3.63. The van der Waals surface area contributed by atoms with Gasteiger partial charge in [-0.3, -0.25) is 9.89 Å². The van der Waals surface area contributed by atoms with Crippen LogP contribution < -0.4 is 10.3 Å². The molecule has 6 aromatic rings. The number of methoxy groups -OCH3 is 1. The highest BCUT2D eigenvalue weighted by Gasteiger charge is 2.16. The number of aromatic amines is 2. The van der Waals surface area contributed by atoms with Crippen LogP contribution in [0.2, 0.25) is 0 Å². The minimum atomic E-state index is -0.0854. The molecule has 1 aromatic carbocycles. The maximum absolute atomic E-state index is 13.1. The topological polar surface area (TPSA) is 106 Å². The van der Waals surface area contributed by atoms with Gasteiger partial charge in [-0.15, -0.1) is 0 Å². The Labute approximate surface area is 200 Å². The van der Waals surface area contributed by atoms with Crippen molar-refractivity contribution >= 4 is 22.1 Å². The lowest BCUT2D eigenvalue weighted by Crippen LogP contribution is -2.21. The van der Waals surface area contributed by atoms with E-state index in [1.807, 2.05) is 43.6 Å². The van der Waals surface area contributed by atoms with Gasteiger partial charge in [-0.05, 0) is 42.8 Å². The van der Waals surface area contributed by atoms with E-state index in [9.17, 15) is 4.79 Å². The van der Waals surface area contributed by atoms with Crippen molar-refractivity contribution in [3.05, 3.63) is 94.7 Å². The van der Waals surface area contributed by atoms with Crippen LogP contribution in [0.1, 0.15) is 17.1 Å². The zero-order chi connectivity index (χ0) is 23.9. The normalized spacial score (nSPS) is 11.5. The molecule has 5 aromatic heterocycles. The number of ether oxygens (including phenoxy) is 1. The predicted molar refractivity (Wildman–Crippen MR) is 134 cm³/mol. The highest BCUT2D eigenvalue weighted by Crippen LogP contribution is 2.29. The number of hydrogen-bond donors (Lipinski definition) is 2. The van der Waals surface area contributed by atoms with Crippen molar-refractivity contribution in [1.29, 1.82) is 0 Å². The molecule has 0 unspecified atom stereocenters. The summed E-state index contributed by atoms with van der Waals surface area (Å²) in [4.78, 5) is 25.5. The molecule has 0 amide bonds. The van der Waals surface area contributed by atoms with E-state index in [1.54, 1.807) is 24.1 Å². The number of fused-ring (bicyclic) bond motifs is 2. The lowest BCUT2D eigenvalue weighted by atomic mass is 10.1. The summed E-state index contributed by atoms with van der Waals surface area (Å²) < 4.78 is 9.12. The van der Waals surface area contributed by atoms with Crippen LogP contribution in [-0.2, 0) is 13.1 Å². The Hall–Kier alpha value is -4.66. The zero-order valence-electron chi connectivity index (χ0n) is 19.3. The molecule has 9 heteroatoms. The van der Waals surface area contributed by atoms with Crippen LogP contribution in [0.3, 0.4) is 0 Å². The Morgan fingerprint density at radius 3 is 2.71 bits per heavy atom. The number of benzene rings is 1. The molecule has 2 N–H and O–H groups in total. The van der Waals surface area contributed by atoms with Gasteiger partial charge in [0.1, 0.15) is 17.1 Å². The summed E-state index contributed by atoms with van der Waals surface area (Å²) in [6, 6.07) is 13.9. The molecule has 6 rings (SSSR count). The maximum Gasteiger partial charge on any atom is 0.275 e. The molecule has 174 valence electrons. The van der Waals surface area contributed by atoms with Gasteiger partial charge in [0.25, 0.3) is 5.56 Å². The summed E-state index contributed by atoms with van der Waals surface area (Å²) in [5, 5.41) is 7.78. The number of pyridine rings is 2. The van der Waals surface area contributed by atoms with Crippen molar-refractivity contribution in [2.24, 2.45) is 0 Å². The van der Waals surface area contributed by atoms with Gasteiger partial charge in [0.15, 0.2) is 5.65 Å². The van der Waals surface area contributed by atoms with Crippen LogP contribution >= 0.6 is 0 Å². The maximum atomic E-state index is 13.1. The summed E-state index contributed by atoms with van der Waals surface area (Å²) in [6.07, 6.45) is 7.18. The zero-order valence-corrected chi connectivity index (χ0v) is 19.3. The number of nitrogens with one attached hydrogen (secondary N) is 2. The molecule has 0 aliphatic rings. The van der Waals surface area contributed by atoms with E-state index in [2.05, 4.69) is 47.9 Å². The molecule has 0 aliphatic heterocycles. The second-order valence-corrected chi connectivity index (χ2v) is 8.48. The fourth-order valence-electron chi connectivity index (χ4n) is 4.48. The van der Waals surface area contributed by atoms with E-state index in [1.165, 1.54) is 0 Å². The summed E-state index contributed by atoms with van der Waals surface area (Å²) in [5.41, 5.74) is 5.93. The molecule has 0 saturated carbocycles. The van der Waals surface area contributed by atoms with Gasteiger partial charge in [-0.2, -0.15) is 5.10 Å². The van der Waals surface area contributed by atoms with E-state index in [0.29, 0.717) is 24.3 Å². The molecule has 0 spiro atoms. The second kappa shape index (κ2) is 8.28. The standard InChI is InChI=1S/C26H23N7O2/c1-16-30-25-23(33(16)13-17-3-5-20(35-2)6-4-17)11-18(12-28-25)22-15-32(14-19-7-10-29-31-19)26(34)24-21(22)8-9-27-24/h3-12,15,27H,13-14H2,1-2H3,(H,29,31). The molecular formula is C26H23N7O2. The van der Waals surface area contributed by atoms with E-state index < -0.39 is 0 Å². The minimum Gasteiger partial charge on any atom is -0.497 e. The Kier molecular flexibility index (Phi) is 4.95. The van der Waals surface area contributed by atoms with E-state index in [-0.39, 0.29) is 5.56 Å². The van der Waals surface area contributed by atoms with E-state index in [0.717, 1.165) is 44.9 Å². The molecule has 0 saturated heterocycles. The monoisotopic (exact) mass is 465 g/mol. The van der Waals surface area contributed by atoms with Crippen LogP contribution in [0.15, 0.2) is 72.0 Å². The summed E-state index contributed by atoms with van der Waals surface area (Å²) >= 11 is 0. The Balaban J connectivity index is 1.47. The third kappa shape index (κ3) is 3.67. The smallest absolute Gasteiger partial charge is 0.275 e. The van der Waals surface area contributed by atoms with Crippen molar-refractivity contribution in [3.63, 3.8) is 0 Å². The summed E-state index contributed by atoms with van der Waals surface area (Å²) in [5.74, 6) is 1.71. The number of aryl methyl sites for hydroxylation is 1. The fraction of sp³-hybridized carbons (Fsp3) is 0.154. The summed E-state index contributed by atoms with van der Waals surface area (Å²) in [7, 11) is 1.66. The first-order chi connectivity index (χ1) is 17.1. The third-order valence-corrected chi connectivity index (χ3v) is 6.30. The molecule has 0 atom stereocenters. The Morgan fingerprint density at radius 1 is 1.09 bits per heavy atom. The predicted octanol–water partition coefficient (Wildman–Crippen LogP) is 3.88. The van der Waals surface area contributed by atoms with Gasteiger partial charge in [0, 0.05) is 47.8 Å². The molecule has 5 heterocycles. The molecular weight excluding hydrogens is 442 g/mol. The molecule has 0 aliphatic carbocycles. The second-order valence-electron chi connectivity index (χ2n) is 8.48. The van der Waals surface area contributed by atoms with Crippen molar-refractivity contribution in [2.75, 3.05) is 7.11 Å². The van der Waals surface area contributed by atoms with Gasteiger partial charge in [0.05, 0.1) is 24.9 Å². The molecule has 0 radical (unpaired) electrons. The largest absolute Gasteiger partial charge is 0.497 e. The highest BCUT2D eigenvalue weighted by atomic mass is 16.5. The van der Waals surface area contributed by atoms with Crippen molar-refractivity contribution in [2.45, 2.75) is 20.0 Å². The van der Waals surface area contributed by atoms with Gasteiger partial charge in [-0.1, -0.05) is 12.1 Å². The van der Waals surface area contributed by atoms with Crippen molar-refractivity contribution in [3.8, 4) is 16.9 Å². The van der Waals surface area contributed by atoms with Crippen molar-refractivity contribution in [1.82, 2.24) is 34.3 Å². The van der Waals surface area contributed by atoms with Crippen LogP contribution in [0.5, 0.6) is 5.75 Å². The Bertz CT molecular complexity index is 1710.